The Labute approximate surface area is 79.3 Å². The average Bonchev–Trinajstić information content (AvgIpc) is 2.53. The Hall–Kier alpha value is -1.56. The summed E-state index contributed by atoms with van der Waals surface area (Å²) >= 11 is 4.97. The fraction of sp³-hybridized carbons (Fsp3) is 0.143. The lowest BCUT2D eigenvalue weighted by Gasteiger charge is -1.97. The predicted octanol–water partition coefficient (Wildman–Crippen LogP) is 1.23. The number of H-pyrrole nitrogens is 2. The number of nitrogens with zero attached hydrogens (tertiary/aromatic N) is 3. The van der Waals surface area contributed by atoms with Crippen molar-refractivity contribution in [3.63, 3.8) is 0 Å². The van der Waals surface area contributed by atoms with E-state index in [0.29, 0.717) is 16.3 Å². The first kappa shape index (κ1) is 8.06. The Morgan fingerprint density at radius 2 is 2.23 bits per heavy atom. The van der Waals surface area contributed by atoms with Crippen molar-refractivity contribution in [2.45, 2.75) is 6.92 Å². The van der Waals surface area contributed by atoms with Crippen LogP contribution in [0, 0.1) is 11.6 Å². The molecular formula is C7H7N5S. The van der Waals surface area contributed by atoms with Crippen LogP contribution < -0.4 is 0 Å². The molecule has 0 radical (unpaired) electrons. The zero-order valence-corrected chi connectivity index (χ0v) is 7.72. The number of hydrogen-bond donors (Lipinski definition) is 2. The van der Waals surface area contributed by atoms with Crippen LogP contribution in [0.4, 0.5) is 0 Å². The first-order valence-corrected chi connectivity index (χ1v) is 4.10. The summed E-state index contributed by atoms with van der Waals surface area (Å²) in [5.41, 5.74) is 0.950. The highest BCUT2D eigenvalue weighted by Gasteiger charge is 2.02. The number of rotatable bonds is 1. The zero-order chi connectivity index (χ0) is 9.26. The van der Waals surface area contributed by atoms with Gasteiger partial charge in [0.05, 0.1) is 0 Å². The highest BCUT2D eigenvalue weighted by atomic mass is 32.1. The van der Waals surface area contributed by atoms with Gasteiger partial charge in [-0.2, -0.15) is 5.10 Å². The van der Waals surface area contributed by atoms with Gasteiger partial charge in [-0.25, -0.2) is 9.97 Å². The maximum absolute atomic E-state index is 4.97. The van der Waals surface area contributed by atoms with Crippen molar-refractivity contribution in [1.82, 2.24) is 25.1 Å². The minimum absolute atomic E-state index is 0.544. The molecule has 0 aliphatic heterocycles. The third-order valence-corrected chi connectivity index (χ3v) is 1.73. The van der Waals surface area contributed by atoms with Gasteiger partial charge < -0.3 is 4.98 Å². The molecule has 2 aromatic rings. The van der Waals surface area contributed by atoms with Gasteiger partial charge in [0.25, 0.3) is 0 Å². The van der Waals surface area contributed by atoms with Crippen LogP contribution in [0.15, 0.2) is 12.4 Å². The minimum Gasteiger partial charge on any atom is -0.341 e. The van der Waals surface area contributed by atoms with Crippen molar-refractivity contribution in [2.24, 2.45) is 0 Å². The second-order valence-electron chi connectivity index (χ2n) is 2.59. The van der Waals surface area contributed by atoms with E-state index in [0.717, 1.165) is 5.69 Å². The number of nitrogens with one attached hydrogen (secondary N) is 2. The van der Waals surface area contributed by atoms with Gasteiger partial charge in [-0.1, -0.05) is 12.2 Å². The maximum Gasteiger partial charge on any atom is 0.191 e. The van der Waals surface area contributed by atoms with Gasteiger partial charge in [0.2, 0.25) is 0 Å². The molecule has 66 valence electrons. The quantitative estimate of drug-likeness (QED) is 0.668. The Morgan fingerprint density at radius 3 is 2.85 bits per heavy atom. The van der Waals surface area contributed by atoms with E-state index in [4.69, 9.17) is 12.2 Å². The summed E-state index contributed by atoms with van der Waals surface area (Å²) in [5.74, 6) is 1.21. The molecule has 2 rings (SSSR count). The van der Waals surface area contributed by atoms with Gasteiger partial charge in [0.15, 0.2) is 11.6 Å². The molecule has 0 aliphatic carbocycles. The smallest absolute Gasteiger partial charge is 0.191 e. The zero-order valence-electron chi connectivity index (χ0n) is 6.90. The summed E-state index contributed by atoms with van der Waals surface area (Å²) in [6.45, 7) is 1.91. The van der Waals surface area contributed by atoms with Gasteiger partial charge >= 0.3 is 0 Å². The van der Waals surface area contributed by atoms with E-state index in [1.54, 1.807) is 6.07 Å². The lowest BCUT2D eigenvalue weighted by Crippen LogP contribution is -1.93. The van der Waals surface area contributed by atoms with E-state index >= 15 is 0 Å². The molecule has 2 aromatic heterocycles. The van der Waals surface area contributed by atoms with Crippen LogP contribution in [0.1, 0.15) is 5.69 Å². The number of aromatic nitrogens is 5. The van der Waals surface area contributed by atoms with E-state index in [-0.39, 0.29) is 0 Å². The highest BCUT2D eigenvalue weighted by molar-refractivity contribution is 7.71. The Morgan fingerprint density at radius 1 is 1.38 bits per heavy atom. The van der Waals surface area contributed by atoms with Gasteiger partial charge in [-0.3, -0.25) is 5.10 Å². The summed E-state index contributed by atoms with van der Waals surface area (Å²) in [6.07, 6.45) is 1.43. The van der Waals surface area contributed by atoms with Gasteiger partial charge in [0.1, 0.15) is 11.0 Å². The Bertz CT molecular complexity index is 458. The van der Waals surface area contributed by atoms with Crippen molar-refractivity contribution in [1.29, 1.82) is 0 Å². The molecule has 2 N–H and O–H groups in total. The lowest BCUT2D eigenvalue weighted by molar-refractivity contribution is 1.04. The standard InChI is InChI=1S/C7H7N5S/c1-4-2-5(13)11-7(10-4)6-8-3-9-12-6/h2-3H,1H3,(H,8,9,12)(H,10,11,13). The van der Waals surface area contributed by atoms with Crippen LogP contribution in [0.5, 0.6) is 0 Å². The molecule has 0 spiro atoms. The van der Waals surface area contributed by atoms with Crippen LogP contribution in [0.3, 0.4) is 0 Å². The second-order valence-corrected chi connectivity index (χ2v) is 3.00. The van der Waals surface area contributed by atoms with Gasteiger partial charge in [-0.15, -0.1) is 0 Å². The predicted molar refractivity (Wildman–Crippen MR) is 49.5 cm³/mol. The van der Waals surface area contributed by atoms with Crippen molar-refractivity contribution >= 4 is 12.2 Å². The summed E-state index contributed by atoms with van der Waals surface area (Å²) in [4.78, 5) is 11.1. The summed E-state index contributed by atoms with van der Waals surface area (Å²) in [6, 6.07) is 1.79. The molecular weight excluding hydrogens is 186 g/mol. The van der Waals surface area contributed by atoms with E-state index in [9.17, 15) is 0 Å². The Kier molecular flexibility index (Phi) is 1.90. The number of hydrogen-bond acceptors (Lipinski definition) is 4. The van der Waals surface area contributed by atoms with E-state index in [1.807, 2.05) is 6.92 Å². The van der Waals surface area contributed by atoms with Crippen LogP contribution in [0.25, 0.3) is 11.6 Å². The highest BCUT2D eigenvalue weighted by Crippen LogP contribution is 2.07. The average molecular weight is 193 g/mol. The lowest BCUT2D eigenvalue weighted by atomic mass is 10.4. The van der Waals surface area contributed by atoms with E-state index < -0.39 is 0 Å². The fourth-order valence-corrected chi connectivity index (χ4v) is 1.28. The molecule has 13 heavy (non-hydrogen) atoms. The van der Waals surface area contributed by atoms with Crippen LogP contribution in [-0.4, -0.2) is 25.1 Å². The fourth-order valence-electron chi connectivity index (χ4n) is 1.01. The van der Waals surface area contributed by atoms with Crippen LogP contribution in [0.2, 0.25) is 0 Å². The molecule has 0 amide bonds. The third-order valence-electron chi connectivity index (χ3n) is 1.52. The molecule has 0 atom stereocenters. The molecule has 0 aliphatic rings. The van der Waals surface area contributed by atoms with Gasteiger partial charge in [-0.05, 0) is 13.0 Å². The molecule has 0 unspecified atom stereocenters. The molecule has 0 saturated heterocycles. The maximum atomic E-state index is 4.97. The monoisotopic (exact) mass is 193 g/mol. The summed E-state index contributed by atoms with van der Waals surface area (Å²) in [7, 11) is 0. The van der Waals surface area contributed by atoms with Crippen molar-refractivity contribution in [3.8, 4) is 11.6 Å². The normalized spacial score (nSPS) is 10.2. The molecule has 0 bridgehead atoms. The van der Waals surface area contributed by atoms with Crippen LogP contribution in [-0.2, 0) is 0 Å². The molecule has 0 aromatic carbocycles. The number of aromatic amines is 2. The van der Waals surface area contributed by atoms with Crippen molar-refractivity contribution < 1.29 is 0 Å². The largest absolute Gasteiger partial charge is 0.341 e. The summed E-state index contributed by atoms with van der Waals surface area (Å²) < 4.78 is 0.544. The first-order valence-electron chi connectivity index (χ1n) is 3.69. The van der Waals surface area contributed by atoms with Crippen molar-refractivity contribution in [2.75, 3.05) is 0 Å². The minimum atomic E-state index is 0.544. The molecule has 6 heteroatoms. The topological polar surface area (TPSA) is 70.2 Å². The van der Waals surface area contributed by atoms with Crippen LogP contribution >= 0.6 is 12.2 Å². The summed E-state index contributed by atoms with van der Waals surface area (Å²) in [5, 5.41) is 6.43. The molecule has 2 heterocycles. The second kappa shape index (κ2) is 3.06. The first-order chi connectivity index (χ1) is 6.25. The molecule has 5 nitrogen and oxygen atoms in total. The van der Waals surface area contributed by atoms with E-state index in [1.165, 1.54) is 6.33 Å². The SMILES string of the molecule is Cc1cc(=S)nc(-c2ncn[nH]2)[nH]1. The Balaban J connectivity index is 2.59. The molecule has 0 saturated carbocycles. The third kappa shape index (κ3) is 1.62. The van der Waals surface area contributed by atoms with Gasteiger partial charge in [0, 0.05) is 5.69 Å². The van der Waals surface area contributed by atoms with Crippen molar-refractivity contribution in [3.05, 3.63) is 22.7 Å². The molecule has 0 fully saturated rings. The van der Waals surface area contributed by atoms with E-state index in [2.05, 4.69) is 25.1 Å². The number of aryl methyl sites for hydroxylation is 1.